The van der Waals surface area contributed by atoms with Crippen molar-refractivity contribution in [3.63, 3.8) is 0 Å². The van der Waals surface area contributed by atoms with Crippen molar-refractivity contribution in [2.75, 3.05) is 5.32 Å². The van der Waals surface area contributed by atoms with Gasteiger partial charge < -0.3 is 10.1 Å². The fourth-order valence-corrected chi connectivity index (χ4v) is 2.94. The number of nitro groups is 1. The summed E-state index contributed by atoms with van der Waals surface area (Å²) < 4.78 is 7.26. The van der Waals surface area contributed by atoms with Crippen molar-refractivity contribution in [2.24, 2.45) is 0 Å². The van der Waals surface area contributed by atoms with Crippen molar-refractivity contribution < 1.29 is 14.5 Å². The molecule has 1 aromatic heterocycles. The molecule has 2 aromatic carbocycles. The standard InChI is InChI=1S/C20H19ClN4O4/c1-12-10-15(21)4-9-18(12)29-14(3)20(26)22-19-11-13(2)23-24(19)16-5-7-17(8-6-16)25(27)28/h4-11,14H,1-3H3,(H,22,26). The van der Waals surface area contributed by atoms with Gasteiger partial charge in [0.25, 0.3) is 11.6 Å². The molecule has 0 spiro atoms. The first-order valence-corrected chi connectivity index (χ1v) is 9.17. The molecule has 0 saturated heterocycles. The number of aromatic nitrogens is 2. The van der Waals surface area contributed by atoms with Crippen molar-refractivity contribution in [2.45, 2.75) is 26.9 Å². The van der Waals surface area contributed by atoms with Gasteiger partial charge in [0.05, 0.1) is 16.3 Å². The van der Waals surface area contributed by atoms with Crippen LogP contribution >= 0.6 is 11.6 Å². The fraction of sp³-hybridized carbons (Fsp3) is 0.200. The van der Waals surface area contributed by atoms with E-state index in [9.17, 15) is 14.9 Å². The molecule has 1 N–H and O–H groups in total. The lowest BCUT2D eigenvalue weighted by molar-refractivity contribution is -0.384. The van der Waals surface area contributed by atoms with Crippen LogP contribution in [-0.2, 0) is 4.79 Å². The van der Waals surface area contributed by atoms with Crippen LogP contribution in [-0.4, -0.2) is 26.7 Å². The molecule has 0 bridgehead atoms. The van der Waals surface area contributed by atoms with E-state index in [1.54, 1.807) is 50.2 Å². The summed E-state index contributed by atoms with van der Waals surface area (Å²) >= 11 is 5.95. The lowest BCUT2D eigenvalue weighted by atomic mass is 10.2. The molecule has 1 amide bonds. The highest BCUT2D eigenvalue weighted by Crippen LogP contribution is 2.24. The summed E-state index contributed by atoms with van der Waals surface area (Å²) in [6, 6.07) is 12.8. The summed E-state index contributed by atoms with van der Waals surface area (Å²) in [6.07, 6.45) is -0.768. The number of amides is 1. The molecule has 0 aliphatic heterocycles. The second-order valence-corrected chi connectivity index (χ2v) is 6.95. The van der Waals surface area contributed by atoms with Gasteiger partial charge in [-0.2, -0.15) is 5.10 Å². The first kappa shape index (κ1) is 20.3. The molecule has 150 valence electrons. The Kier molecular flexibility index (Phi) is 5.84. The van der Waals surface area contributed by atoms with Crippen molar-refractivity contribution in [1.29, 1.82) is 0 Å². The smallest absolute Gasteiger partial charge is 0.269 e. The van der Waals surface area contributed by atoms with Crippen molar-refractivity contribution in [1.82, 2.24) is 9.78 Å². The Hall–Kier alpha value is -3.39. The molecule has 0 fully saturated rings. The summed E-state index contributed by atoms with van der Waals surface area (Å²) in [5, 5.41) is 18.6. The number of nitrogens with one attached hydrogen (secondary N) is 1. The van der Waals surface area contributed by atoms with Gasteiger partial charge in [-0.25, -0.2) is 4.68 Å². The number of hydrogen-bond donors (Lipinski definition) is 1. The summed E-state index contributed by atoms with van der Waals surface area (Å²) in [7, 11) is 0. The third kappa shape index (κ3) is 4.72. The van der Waals surface area contributed by atoms with Gasteiger partial charge in [0.15, 0.2) is 6.10 Å². The Labute approximate surface area is 172 Å². The number of halogens is 1. The van der Waals surface area contributed by atoms with Gasteiger partial charge in [-0.15, -0.1) is 0 Å². The maximum absolute atomic E-state index is 12.6. The number of hydrogen-bond acceptors (Lipinski definition) is 5. The van der Waals surface area contributed by atoms with Gasteiger partial charge in [0, 0.05) is 23.2 Å². The van der Waals surface area contributed by atoms with Gasteiger partial charge in [-0.3, -0.25) is 14.9 Å². The molecule has 1 unspecified atom stereocenters. The number of rotatable bonds is 6. The van der Waals surface area contributed by atoms with Crippen molar-refractivity contribution >= 4 is 29.0 Å². The number of ether oxygens (including phenoxy) is 1. The average molecular weight is 415 g/mol. The zero-order chi connectivity index (χ0) is 21.1. The van der Waals surface area contributed by atoms with Crippen molar-refractivity contribution in [3.8, 4) is 11.4 Å². The quantitative estimate of drug-likeness (QED) is 0.474. The second-order valence-electron chi connectivity index (χ2n) is 6.52. The number of carbonyl (C=O) groups is 1. The highest BCUT2D eigenvalue weighted by Gasteiger charge is 2.19. The fourth-order valence-electron chi connectivity index (χ4n) is 2.72. The van der Waals surface area contributed by atoms with Crippen LogP contribution in [0.5, 0.6) is 5.75 Å². The first-order chi connectivity index (χ1) is 13.7. The highest BCUT2D eigenvalue weighted by atomic mass is 35.5. The van der Waals surface area contributed by atoms with E-state index in [1.165, 1.54) is 16.8 Å². The van der Waals surface area contributed by atoms with E-state index in [0.717, 1.165) is 5.56 Å². The minimum absolute atomic E-state index is 0.0245. The van der Waals surface area contributed by atoms with E-state index in [2.05, 4.69) is 10.4 Å². The molecule has 8 nitrogen and oxygen atoms in total. The van der Waals surface area contributed by atoms with Gasteiger partial charge in [-0.05, 0) is 56.7 Å². The molecule has 0 saturated carbocycles. The molecule has 0 aliphatic rings. The lowest BCUT2D eigenvalue weighted by Crippen LogP contribution is -2.31. The molecular formula is C20H19ClN4O4. The van der Waals surface area contributed by atoms with E-state index in [4.69, 9.17) is 16.3 Å². The number of carbonyl (C=O) groups excluding carboxylic acids is 1. The van der Waals surface area contributed by atoms with Crippen LogP contribution in [0.25, 0.3) is 5.69 Å². The van der Waals surface area contributed by atoms with E-state index in [1.807, 2.05) is 6.92 Å². The zero-order valence-electron chi connectivity index (χ0n) is 16.0. The first-order valence-electron chi connectivity index (χ1n) is 8.80. The second kappa shape index (κ2) is 8.32. The topological polar surface area (TPSA) is 99.3 Å². The number of aryl methyl sites for hydroxylation is 2. The predicted molar refractivity (Wildman–Crippen MR) is 110 cm³/mol. The Morgan fingerprint density at radius 2 is 1.90 bits per heavy atom. The highest BCUT2D eigenvalue weighted by molar-refractivity contribution is 6.30. The van der Waals surface area contributed by atoms with Crippen molar-refractivity contribution in [3.05, 3.63) is 74.9 Å². The Morgan fingerprint density at radius 1 is 1.21 bits per heavy atom. The summed E-state index contributed by atoms with van der Waals surface area (Å²) in [6.45, 7) is 5.27. The maximum Gasteiger partial charge on any atom is 0.269 e. The predicted octanol–water partition coefficient (Wildman–Crippen LogP) is 4.46. The minimum Gasteiger partial charge on any atom is -0.481 e. The Balaban J connectivity index is 1.77. The third-order valence-electron chi connectivity index (χ3n) is 4.20. The molecule has 1 atom stereocenters. The number of non-ortho nitro benzene ring substituents is 1. The van der Waals surface area contributed by atoms with Gasteiger partial charge in [0.2, 0.25) is 0 Å². The number of benzene rings is 2. The molecule has 0 radical (unpaired) electrons. The number of anilines is 1. The Morgan fingerprint density at radius 3 is 2.52 bits per heavy atom. The molecule has 0 aliphatic carbocycles. The van der Waals surface area contributed by atoms with E-state index in [-0.39, 0.29) is 11.6 Å². The van der Waals surface area contributed by atoms with Gasteiger partial charge >= 0.3 is 0 Å². The Bertz CT molecular complexity index is 1060. The van der Waals surface area contributed by atoms with Gasteiger partial charge in [-0.1, -0.05) is 11.6 Å². The molecule has 1 heterocycles. The van der Waals surface area contributed by atoms with E-state index < -0.39 is 11.0 Å². The third-order valence-corrected chi connectivity index (χ3v) is 4.43. The number of nitro benzene ring substituents is 1. The molecule has 9 heteroatoms. The number of nitrogens with zero attached hydrogens (tertiary/aromatic N) is 3. The van der Waals surface area contributed by atoms with Crippen LogP contribution in [0.2, 0.25) is 5.02 Å². The average Bonchev–Trinajstić information content (AvgIpc) is 3.04. The lowest BCUT2D eigenvalue weighted by Gasteiger charge is -2.17. The van der Waals surface area contributed by atoms with Crippen LogP contribution in [0, 0.1) is 24.0 Å². The SMILES string of the molecule is Cc1cc(NC(=O)C(C)Oc2ccc(Cl)cc2C)n(-c2ccc([N+](=O)[O-])cc2)n1. The zero-order valence-corrected chi connectivity index (χ0v) is 16.8. The molecule has 3 rings (SSSR count). The molecule has 29 heavy (non-hydrogen) atoms. The summed E-state index contributed by atoms with van der Waals surface area (Å²) in [5.74, 6) is 0.643. The van der Waals surface area contributed by atoms with Crippen LogP contribution < -0.4 is 10.1 Å². The summed E-state index contributed by atoms with van der Waals surface area (Å²) in [5.41, 5.74) is 2.06. The maximum atomic E-state index is 12.6. The van der Waals surface area contributed by atoms with Crippen LogP contribution in [0.4, 0.5) is 11.5 Å². The summed E-state index contributed by atoms with van der Waals surface area (Å²) in [4.78, 5) is 23.0. The minimum atomic E-state index is -0.768. The normalized spacial score (nSPS) is 11.7. The monoisotopic (exact) mass is 414 g/mol. The van der Waals surface area contributed by atoms with E-state index >= 15 is 0 Å². The largest absolute Gasteiger partial charge is 0.481 e. The van der Waals surface area contributed by atoms with Crippen LogP contribution in [0.15, 0.2) is 48.5 Å². The molecule has 3 aromatic rings. The van der Waals surface area contributed by atoms with Crippen LogP contribution in [0.1, 0.15) is 18.2 Å². The van der Waals surface area contributed by atoms with E-state index in [0.29, 0.717) is 28.0 Å². The van der Waals surface area contributed by atoms with Crippen LogP contribution in [0.3, 0.4) is 0 Å². The molecular weight excluding hydrogens is 396 g/mol. The van der Waals surface area contributed by atoms with Gasteiger partial charge in [0.1, 0.15) is 11.6 Å².